The summed E-state index contributed by atoms with van der Waals surface area (Å²) in [6.45, 7) is 9.89. The van der Waals surface area contributed by atoms with Crippen LogP contribution in [0.2, 0.25) is 0 Å². The van der Waals surface area contributed by atoms with Crippen molar-refractivity contribution >= 4 is 22.4 Å². The molecule has 0 radical (unpaired) electrons. The van der Waals surface area contributed by atoms with Crippen LogP contribution in [0.5, 0.6) is 0 Å². The summed E-state index contributed by atoms with van der Waals surface area (Å²) in [5, 5.41) is 3.24. The molecule has 0 unspecified atom stereocenters. The average Bonchev–Trinajstić information content (AvgIpc) is 3.11. The highest BCUT2D eigenvalue weighted by Crippen LogP contribution is 2.29. The summed E-state index contributed by atoms with van der Waals surface area (Å²) >= 11 is 1.71. The smallest absolute Gasteiger partial charge is 0.223 e. The Labute approximate surface area is 154 Å². The van der Waals surface area contributed by atoms with Gasteiger partial charge in [0.25, 0.3) is 0 Å². The van der Waals surface area contributed by atoms with Gasteiger partial charge < -0.3 is 9.80 Å². The van der Waals surface area contributed by atoms with E-state index in [9.17, 15) is 4.79 Å². The fourth-order valence-electron chi connectivity index (χ4n) is 2.96. The number of piperazine rings is 1. The number of carbonyl (C=O) groups is 1. The molecular weight excluding hydrogens is 330 g/mol. The van der Waals surface area contributed by atoms with Gasteiger partial charge in [0.2, 0.25) is 5.91 Å². The summed E-state index contributed by atoms with van der Waals surface area (Å²) in [7, 11) is 0. The third-order valence-electron chi connectivity index (χ3n) is 4.63. The highest BCUT2D eigenvalue weighted by molar-refractivity contribution is 7.13. The van der Waals surface area contributed by atoms with Gasteiger partial charge in [0, 0.05) is 43.4 Å². The predicted octanol–water partition coefficient (Wildman–Crippen LogP) is 3.72. The van der Waals surface area contributed by atoms with Crippen LogP contribution in [-0.4, -0.2) is 42.0 Å². The normalized spacial score (nSPS) is 15.5. The number of aryl methyl sites for hydroxylation is 1. The molecule has 1 saturated heterocycles. The Morgan fingerprint density at radius 3 is 2.40 bits per heavy atom. The molecule has 1 amide bonds. The summed E-state index contributed by atoms with van der Waals surface area (Å²) in [6.07, 6.45) is 1.41. The molecule has 3 rings (SSSR count). The van der Waals surface area contributed by atoms with Crippen molar-refractivity contribution in [2.24, 2.45) is 0 Å². The van der Waals surface area contributed by atoms with E-state index in [0.29, 0.717) is 6.42 Å². The molecule has 0 spiro atoms. The van der Waals surface area contributed by atoms with Crippen LogP contribution in [0.3, 0.4) is 0 Å². The fraction of sp³-hybridized carbons (Fsp3) is 0.500. The Balaban J connectivity index is 1.50. The molecule has 2 aromatic rings. The summed E-state index contributed by atoms with van der Waals surface area (Å²) in [4.78, 5) is 21.5. The number of amides is 1. The fourth-order valence-corrected chi connectivity index (χ4v) is 4.06. The molecule has 0 bridgehead atoms. The van der Waals surface area contributed by atoms with Crippen LogP contribution in [0.25, 0.3) is 0 Å². The average molecular weight is 358 g/mol. The van der Waals surface area contributed by atoms with Gasteiger partial charge in [0.1, 0.15) is 0 Å². The van der Waals surface area contributed by atoms with Gasteiger partial charge >= 0.3 is 0 Å². The van der Waals surface area contributed by atoms with Gasteiger partial charge in [-0.3, -0.25) is 4.79 Å². The second-order valence-corrected chi connectivity index (χ2v) is 8.46. The largest absolute Gasteiger partial charge is 0.345 e. The monoisotopic (exact) mass is 357 g/mol. The number of anilines is 1. The number of benzene rings is 1. The van der Waals surface area contributed by atoms with Crippen LogP contribution in [0.4, 0.5) is 5.13 Å². The maximum Gasteiger partial charge on any atom is 0.223 e. The van der Waals surface area contributed by atoms with E-state index in [-0.39, 0.29) is 11.3 Å². The van der Waals surface area contributed by atoms with Crippen molar-refractivity contribution in [2.75, 3.05) is 31.1 Å². The molecule has 5 heteroatoms. The van der Waals surface area contributed by atoms with Gasteiger partial charge in [-0.1, -0.05) is 51.1 Å². The van der Waals surface area contributed by atoms with E-state index < -0.39 is 0 Å². The van der Waals surface area contributed by atoms with Crippen LogP contribution < -0.4 is 4.90 Å². The standard InChI is InChI=1S/C20H27N3OS/c1-20(2,3)17-15-25-19(21-17)23-13-11-22(12-14-23)18(24)10-9-16-7-5-4-6-8-16/h4-8,15H,9-14H2,1-3H3. The maximum atomic E-state index is 12.4. The van der Waals surface area contributed by atoms with Gasteiger partial charge in [-0.15, -0.1) is 11.3 Å². The van der Waals surface area contributed by atoms with Crippen molar-refractivity contribution in [3.05, 3.63) is 47.0 Å². The SMILES string of the molecule is CC(C)(C)c1csc(N2CCN(C(=O)CCc3ccccc3)CC2)n1. The minimum Gasteiger partial charge on any atom is -0.345 e. The van der Waals surface area contributed by atoms with Crippen molar-refractivity contribution in [2.45, 2.75) is 39.0 Å². The van der Waals surface area contributed by atoms with E-state index in [0.717, 1.165) is 43.4 Å². The zero-order valence-electron chi connectivity index (χ0n) is 15.4. The molecule has 25 heavy (non-hydrogen) atoms. The third-order valence-corrected chi connectivity index (χ3v) is 5.54. The quantitative estimate of drug-likeness (QED) is 0.837. The molecule has 0 atom stereocenters. The number of aromatic nitrogens is 1. The number of carbonyl (C=O) groups excluding carboxylic acids is 1. The number of thiazole rings is 1. The zero-order valence-corrected chi connectivity index (χ0v) is 16.2. The second-order valence-electron chi connectivity index (χ2n) is 7.62. The molecule has 1 fully saturated rings. The van der Waals surface area contributed by atoms with Crippen molar-refractivity contribution < 1.29 is 4.79 Å². The van der Waals surface area contributed by atoms with E-state index in [2.05, 4.69) is 43.2 Å². The molecule has 1 aromatic heterocycles. The van der Waals surface area contributed by atoms with Gasteiger partial charge in [-0.25, -0.2) is 4.98 Å². The van der Waals surface area contributed by atoms with Gasteiger partial charge in [0.05, 0.1) is 5.69 Å². The first-order valence-electron chi connectivity index (χ1n) is 8.96. The van der Waals surface area contributed by atoms with Crippen LogP contribution >= 0.6 is 11.3 Å². The molecule has 1 aliphatic rings. The molecule has 134 valence electrons. The molecule has 2 heterocycles. The van der Waals surface area contributed by atoms with E-state index in [1.165, 1.54) is 5.56 Å². The summed E-state index contributed by atoms with van der Waals surface area (Å²) in [6, 6.07) is 10.2. The van der Waals surface area contributed by atoms with Gasteiger partial charge in [-0.2, -0.15) is 0 Å². The van der Waals surface area contributed by atoms with Crippen molar-refractivity contribution in [3.63, 3.8) is 0 Å². The van der Waals surface area contributed by atoms with Crippen molar-refractivity contribution in [3.8, 4) is 0 Å². The maximum absolute atomic E-state index is 12.4. The van der Waals surface area contributed by atoms with Crippen LogP contribution in [0, 0.1) is 0 Å². The van der Waals surface area contributed by atoms with E-state index in [4.69, 9.17) is 4.98 Å². The van der Waals surface area contributed by atoms with Crippen molar-refractivity contribution in [1.29, 1.82) is 0 Å². The summed E-state index contributed by atoms with van der Waals surface area (Å²) in [5.41, 5.74) is 2.46. The predicted molar refractivity (Wildman–Crippen MR) is 104 cm³/mol. The number of hydrogen-bond acceptors (Lipinski definition) is 4. The summed E-state index contributed by atoms with van der Waals surface area (Å²) in [5.74, 6) is 0.262. The topological polar surface area (TPSA) is 36.4 Å². The lowest BCUT2D eigenvalue weighted by Gasteiger charge is -2.34. The van der Waals surface area contributed by atoms with E-state index >= 15 is 0 Å². The molecule has 4 nitrogen and oxygen atoms in total. The first-order valence-corrected chi connectivity index (χ1v) is 9.84. The first-order chi connectivity index (χ1) is 11.9. The molecule has 1 aromatic carbocycles. The van der Waals surface area contributed by atoms with Crippen LogP contribution in [0.1, 0.15) is 38.4 Å². The second kappa shape index (κ2) is 7.56. The van der Waals surface area contributed by atoms with Gasteiger partial charge in [-0.05, 0) is 12.0 Å². The number of nitrogens with zero attached hydrogens (tertiary/aromatic N) is 3. The number of rotatable bonds is 4. The lowest BCUT2D eigenvalue weighted by atomic mass is 9.93. The third kappa shape index (κ3) is 4.60. The van der Waals surface area contributed by atoms with Crippen LogP contribution in [0.15, 0.2) is 35.7 Å². The Bertz CT molecular complexity index is 697. The highest BCUT2D eigenvalue weighted by Gasteiger charge is 2.24. The van der Waals surface area contributed by atoms with Crippen LogP contribution in [-0.2, 0) is 16.6 Å². The van der Waals surface area contributed by atoms with Gasteiger partial charge in [0.15, 0.2) is 5.13 Å². The zero-order chi connectivity index (χ0) is 17.9. The highest BCUT2D eigenvalue weighted by atomic mass is 32.1. The minimum atomic E-state index is 0.0873. The minimum absolute atomic E-state index is 0.0873. The Morgan fingerprint density at radius 1 is 1.12 bits per heavy atom. The molecular formula is C20H27N3OS. The molecule has 0 N–H and O–H groups in total. The molecule has 0 aliphatic carbocycles. The molecule has 0 saturated carbocycles. The first kappa shape index (κ1) is 17.9. The molecule has 1 aliphatic heterocycles. The lowest BCUT2D eigenvalue weighted by molar-refractivity contribution is -0.131. The Hall–Kier alpha value is -1.88. The number of hydrogen-bond donors (Lipinski definition) is 0. The lowest BCUT2D eigenvalue weighted by Crippen LogP contribution is -2.48. The summed E-state index contributed by atoms with van der Waals surface area (Å²) < 4.78 is 0. The Kier molecular flexibility index (Phi) is 5.42. The Morgan fingerprint density at radius 2 is 1.80 bits per heavy atom. The van der Waals surface area contributed by atoms with E-state index in [1.807, 2.05) is 23.1 Å². The van der Waals surface area contributed by atoms with E-state index in [1.54, 1.807) is 11.3 Å². The van der Waals surface area contributed by atoms with Crippen molar-refractivity contribution in [1.82, 2.24) is 9.88 Å².